The third-order valence-corrected chi connectivity index (χ3v) is 2.38. The Labute approximate surface area is 104 Å². The van der Waals surface area contributed by atoms with Gasteiger partial charge in [0.05, 0.1) is 13.2 Å². The van der Waals surface area contributed by atoms with Crippen LogP contribution in [0.2, 0.25) is 0 Å². The lowest BCUT2D eigenvalue weighted by molar-refractivity contribution is 0.199. The third kappa shape index (κ3) is 2.88. The largest absolute Gasteiger partial charge is 0.383 e. The summed E-state index contributed by atoms with van der Waals surface area (Å²) in [6.45, 7) is 1.73. The van der Waals surface area contributed by atoms with Crippen LogP contribution >= 0.6 is 0 Å². The summed E-state index contributed by atoms with van der Waals surface area (Å²) in [5.41, 5.74) is 0.339. The van der Waals surface area contributed by atoms with E-state index in [1.807, 2.05) is 0 Å². The number of hydrogen-bond donors (Lipinski definition) is 1. The Morgan fingerprint density at radius 3 is 3.00 bits per heavy atom. The second-order valence-corrected chi connectivity index (χ2v) is 3.63. The molecule has 0 spiro atoms. The van der Waals surface area contributed by atoms with Crippen LogP contribution in [0.25, 0.3) is 5.69 Å². The highest BCUT2D eigenvalue weighted by Crippen LogP contribution is 2.12. The van der Waals surface area contributed by atoms with Gasteiger partial charge in [0.1, 0.15) is 11.5 Å². The number of nitrogens with one attached hydrogen (secondary N) is 1. The van der Waals surface area contributed by atoms with Crippen molar-refractivity contribution in [1.29, 1.82) is 0 Å². The van der Waals surface area contributed by atoms with Crippen molar-refractivity contribution in [2.45, 2.75) is 6.54 Å². The van der Waals surface area contributed by atoms with E-state index in [0.717, 1.165) is 0 Å². The summed E-state index contributed by atoms with van der Waals surface area (Å²) in [4.78, 5) is 0. The fourth-order valence-corrected chi connectivity index (χ4v) is 1.50. The molecule has 1 aromatic carbocycles. The first kappa shape index (κ1) is 12.6. The minimum Gasteiger partial charge on any atom is -0.383 e. The summed E-state index contributed by atoms with van der Waals surface area (Å²) in [6.07, 6.45) is 0. The molecule has 1 aromatic heterocycles. The van der Waals surface area contributed by atoms with Crippen molar-refractivity contribution in [3.63, 3.8) is 0 Å². The predicted molar refractivity (Wildman–Crippen MR) is 62.7 cm³/mol. The van der Waals surface area contributed by atoms with E-state index in [2.05, 4.69) is 20.8 Å². The van der Waals surface area contributed by atoms with Crippen molar-refractivity contribution in [3.05, 3.63) is 35.9 Å². The van der Waals surface area contributed by atoms with Gasteiger partial charge in [0, 0.05) is 13.7 Å². The standard InChI is InChI=1S/C11H14FN5O/c1-18-7-6-13-8-11-14-15-16-17(11)10-5-3-2-4-9(10)12/h2-5,13H,6-8H2,1H3. The highest BCUT2D eigenvalue weighted by molar-refractivity contribution is 5.32. The molecule has 0 radical (unpaired) electrons. The van der Waals surface area contributed by atoms with Gasteiger partial charge in [-0.2, -0.15) is 4.68 Å². The predicted octanol–water partition coefficient (Wildman–Crippen LogP) is 0.537. The third-order valence-electron chi connectivity index (χ3n) is 2.38. The zero-order chi connectivity index (χ0) is 12.8. The average Bonchev–Trinajstić information content (AvgIpc) is 2.83. The van der Waals surface area contributed by atoms with Crippen molar-refractivity contribution in [2.24, 2.45) is 0 Å². The molecule has 0 fully saturated rings. The zero-order valence-corrected chi connectivity index (χ0v) is 10.0. The summed E-state index contributed by atoms with van der Waals surface area (Å²) in [7, 11) is 1.63. The van der Waals surface area contributed by atoms with Gasteiger partial charge in [-0.15, -0.1) is 5.10 Å². The quantitative estimate of drug-likeness (QED) is 0.759. The normalized spacial score (nSPS) is 10.8. The molecule has 96 valence electrons. The molecule has 7 heteroatoms. The van der Waals surface area contributed by atoms with Gasteiger partial charge in [0.2, 0.25) is 0 Å². The summed E-state index contributed by atoms with van der Waals surface area (Å²) < 4.78 is 19.9. The van der Waals surface area contributed by atoms with Crippen molar-refractivity contribution in [3.8, 4) is 5.69 Å². The van der Waals surface area contributed by atoms with E-state index in [1.54, 1.807) is 25.3 Å². The first-order chi connectivity index (χ1) is 8.83. The number of methoxy groups -OCH3 is 1. The second-order valence-electron chi connectivity index (χ2n) is 3.63. The number of rotatable bonds is 6. The number of hydrogen-bond acceptors (Lipinski definition) is 5. The van der Waals surface area contributed by atoms with Crippen LogP contribution in [0.1, 0.15) is 5.82 Å². The maximum absolute atomic E-state index is 13.6. The Balaban J connectivity index is 2.10. The van der Waals surface area contributed by atoms with Gasteiger partial charge < -0.3 is 10.1 Å². The van der Waals surface area contributed by atoms with E-state index in [1.165, 1.54) is 10.7 Å². The zero-order valence-electron chi connectivity index (χ0n) is 10.0. The average molecular weight is 251 g/mol. The van der Waals surface area contributed by atoms with Crippen LogP contribution in [0.4, 0.5) is 4.39 Å². The van der Waals surface area contributed by atoms with Gasteiger partial charge in [-0.3, -0.25) is 0 Å². The fraction of sp³-hybridized carbons (Fsp3) is 0.364. The van der Waals surface area contributed by atoms with Crippen molar-refractivity contribution < 1.29 is 9.13 Å². The van der Waals surface area contributed by atoms with Crippen LogP contribution in [0.5, 0.6) is 0 Å². The summed E-state index contributed by atoms with van der Waals surface area (Å²) in [5.74, 6) is 0.194. The lowest BCUT2D eigenvalue weighted by Gasteiger charge is -2.06. The van der Waals surface area contributed by atoms with E-state index in [4.69, 9.17) is 4.74 Å². The van der Waals surface area contributed by atoms with E-state index >= 15 is 0 Å². The summed E-state index contributed by atoms with van der Waals surface area (Å²) in [6, 6.07) is 6.37. The molecule has 1 N–H and O–H groups in total. The van der Waals surface area contributed by atoms with Gasteiger partial charge in [-0.1, -0.05) is 12.1 Å². The smallest absolute Gasteiger partial charge is 0.170 e. The van der Waals surface area contributed by atoms with Crippen LogP contribution in [0, 0.1) is 5.82 Å². The van der Waals surface area contributed by atoms with Crippen LogP contribution < -0.4 is 5.32 Å². The lowest BCUT2D eigenvalue weighted by Crippen LogP contribution is -2.21. The van der Waals surface area contributed by atoms with Crippen LogP contribution in [0.15, 0.2) is 24.3 Å². The van der Waals surface area contributed by atoms with Gasteiger partial charge >= 0.3 is 0 Å². The van der Waals surface area contributed by atoms with E-state index in [0.29, 0.717) is 31.2 Å². The molecule has 2 rings (SSSR count). The van der Waals surface area contributed by atoms with Gasteiger partial charge in [0.25, 0.3) is 0 Å². The van der Waals surface area contributed by atoms with E-state index in [-0.39, 0.29) is 5.82 Å². The monoisotopic (exact) mass is 251 g/mol. The first-order valence-corrected chi connectivity index (χ1v) is 5.54. The van der Waals surface area contributed by atoms with Crippen LogP contribution in [-0.2, 0) is 11.3 Å². The SMILES string of the molecule is COCCNCc1nnnn1-c1ccccc1F. The second kappa shape index (κ2) is 6.18. The van der Waals surface area contributed by atoms with Gasteiger partial charge in [0.15, 0.2) is 5.82 Å². The Bertz CT molecular complexity index is 502. The molecular weight excluding hydrogens is 237 g/mol. The van der Waals surface area contributed by atoms with Crippen molar-refractivity contribution in [1.82, 2.24) is 25.5 Å². The molecule has 0 saturated heterocycles. The molecule has 1 heterocycles. The van der Waals surface area contributed by atoms with Crippen molar-refractivity contribution in [2.75, 3.05) is 20.3 Å². The van der Waals surface area contributed by atoms with Gasteiger partial charge in [-0.25, -0.2) is 4.39 Å². The topological polar surface area (TPSA) is 64.9 Å². The summed E-state index contributed by atoms with van der Waals surface area (Å²) >= 11 is 0. The van der Waals surface area contributed by atoms with Crippen LogP contribution in [-0.4, -0.2) is 40.5 Å². The number of benzene rings is 1. The number of nitrogens with zero attached hydrogens (tertiary/aromatic N) is 4. The Hall–Kier alpha value is -1.86. The number of tetrazole rings is 1. The molecule has 0 aliphatic carbocycles. The number of aromatic nitrogens is 4. The maximum atomic E-state index is 13.6. The Morgan fingerprint density at radius 1 is 1.39 bits per heavy atom. The van der Waals surface area contributed by atoms with Gasteiger partial charge in [-0.05, 0) is 22.6 Å². The molecule has 2 aromatic rings. The minimum absolute atomic E-state index is 0.339. The molecule has 0 unspecified atom stereocenters. The molecular formula is C11H14FN5O. The summed E-state index contributed by atoms with van der Waals surface area (Å²) in [5, 5.41) is 14.3. The number of halogens is 1. The first-order valence-electron chi connectivity index (χ1n) is 5.54. The van der Waals surface area contributed by atoms with E-state index in [9.17, 15) is 4.39 Å². The Kier molecular flexibility index (Phi) is 4.32. The number of para-hydroxylation sites is 1. The highest BCUT2D eigenvalue weighted by atomic mass is 19.1. The molecule has 0 bridgehead atoms. The molecule has 6 nitrogen and oxygen atoms in total. The molecule has 0 aliphatic heterocycles. The molecule has 18 heavy (non-hydrogen) atoms. The fourth-order valence-electron chi connectivity index (χ4n) is 1.50. The van der Waals surface area contributed by atoms with Crippen molar-refractivity contribution >= 4 is 0 Å². The Morgan fingerprint density at radius 2 is 2.22 bits per heavy atom. The lowest BCUT2D eigenvalue weighted by atomic mass is 10.3. The molecule has 0 saturated carbocycles. The minimum atomic E-state index is -0.358. The maximum Gasteiger partial charge on any atom is 0.170 e. The molecule has 0 amide bonds. The van der Waals surface area contributed by atoms with E-state index < -0.39 is 0 Å². The highest BCUT2D eigenvalue weighted by Gasteiger charge is 2.10. The van der Waals surface area contributed by atoms with Crippen LogP contribution in [0.3, 0.4) is 0 Å². The molecule has 0 atom stereocenters. The molecule has 0 aliphatic rings. The number of ether oxygens (including phenoxy) is 1.